The van der Waals surface area contributed by atoms with E-state index in [4.69, 9.17) is 28.4 Å². The van der Waals surface area contributed by atoms with Gasteiger partial charge in [-0.1, -0.05) is 77.9 Å². The van der Waals surface area contributed by atoms with Crippen molar-refractivity contribution in [3.63, 3.8) is 0 Å². The molecule has 2 amide bonds. The lowest BCUT2D eigenvalue weighted by Gasteiger charge is -2.46. The molecule has 2 aromatic carbocycles. The van der Waals surface area contributed by atoms with Gasteiger partial charge in [0.1, 0.15) is 38.1 Å². The predicted molar refractivity (Wildman–Crippen MR) is 236 cm³/mol. The van der Waals surface area contributed by atoms with Crippen molar-refractivity contribution in [2.75, 3.05) is 32.9 Å². The highest BCUT2D eigenvalue weighted by Gasteiger charge is 2.44. The fraction of sp³-hybridized carbons (Fsp3) is 0.633. The molecule has 2 aliphatic carbocycles. The number of amides is 2. The first-order chi connectivity index (χ1) is 29.5. The number of alkyl carbamates (subject to hydrolysis) is 2. The summed E-state index contributed by atoms with van der Waals surface area (Å²) < 4.78 is 32.8. The summed E-state index contributed by atoms with van der Waals surface area (Å²) in [5.74, 6) is -1.68. The Morgan fingerprint density at radius 1 is 0.524 bits per heavy atom. The molecule has 7 unspecified atom stereocenters. The van der Waals surface area contributed by atoms with Gasteiger partial charge < -0.3 is 39.1 Å². The van der Waals surface area contributed by atoms with E-state index in [1.54, 1.807) is 81.4 Å². The molecule has 0 saturated heterocycles. The summed E-state index contributed by atoms with van der Waals surface area (Å²) in [7, 11) is 0. The molecule has 2 aromatic rings. The Labute approximate surface area is 373 Å². The molecule has 14 heteroatoms. The maximum absolute atomic E-state index is 13.2. The zero-order valence-corrected chi connectivity index (χ0v) is 38.8. The van der Waals surface area contributed by atoms with E-state index >= 15 is 0 Å². The Balaban J connectivity index is 1.15. The number of nitrogens with one attached hydrogen (secondary N) is 2. The van der Waals surface area contributed by atoms with Crippen LogP contribution in [0.2, 0.25) is 0 Å². The number of esters is 4. The number of carbonyl (C=O) groups excluding carboxylic acids is 6. The number of hydrogen-bond acceptors (Lipinski definition) is 12. The van der Waals surface area contributed by atoms with Crippen LogP contribution in [0.4, 0.5) is 9.59 Å². The molecule has 63 heavy (non-hydrogen) atoms. The van der Waals surface area contributed by atoms with Crippen molar-refractivity contribution < 1.29 is 57.2 Å². The molecular formula is C49H70N2O12. The van der Waals surface area contributed by atoms with Crippen molar-refractivity contribution in [2.24, 2.45) is 33.5 Å². The second kappa shape index (κ2) is 22.5. The summed E-state index contributed by atoms with van der Waals surface area (Å²) in [4.78, 5) is 76.2. The topological polar surface area (TPSA) is 182 Å². The van der Waals surface area contributed by atoms with Gasteiger partial charge in [-0.25, -0.2) is 19.2 Å². The molecule has 0 aliphatic heterocycles. The molecule has 0 bridgehead atoms. The third-order valence-electron chi connectivity index (χ3n) is 11.6. The maximum Gasteiger partial charge on any atom is 0.407 e. The van der Waals surface area contributed by atoms with E-state index in [1.807, 2.05) is 0 Å². The molecule has 2 aliphatic rings. The van der Waals surface area contributed by atoms with Gasteiger partial charge in [0.2, 0.25) is 0 Å². The summed E-state index contributed by atoms with van der Waals surface area (Å²) in [6.07, 6.45) is 1.93. The molecule has 4 rings (SSSR count). The van der Waals surface area contributed by atoms with Crippen molar-refractivity contribution >= 4 is 36.1 Å². The van der Waals surface area contributed by atoms with Gasteiger partial charge in [-0.2, -0.15) is 0 Å². The molecule has 348 valence electrons. The van der Waals surface area contributed by atoms with E-state index in [1.165, 1.54) is 0 Å². The van der Waals surface area contributed by atoms with Gasteiger partial charge in [0.15, 0.2) is 0 Å². The van der Waals surface area contributed by atoms with Crippen LogP contribution in [0, 0.1) is 33.5 Å². The highest BCUT2D eigenvalue weighted by Crippen LogP contribution is 2.50. The van der Waals surface area contributed by atoms with Crippen molar-refractivity contribution in [3.8, 4) is 0 Å². The zero-order chi connectivity index (χ0) is 46.4. The molecule has 0 radical (unpaired) electrons. The number of hydrogen-bond donors (Lipinski definition) is 2. The Morgan fingerprint density at radius 3 is 1.30 bits per heavy atom. The Hall–Kier alpha value is -5.14. The quantitative estimate of drug-likeness (QED) is 0.101. The first-order valence-electron chi connectivity index (χ1n) is 22.2. The largest absolute Gasteiger partial charge is 0.462 e. The number of benzene rings is 2. The Bertz CT molecular complexity index is 1850. The normalized spacial score (nSPS) is 24.0. The lowest BCUT2D eigenvalue weighted by Crippen LogP contribution is -2.44. The first-order valence-corrected chi connectivity index (χ1v) is 22.2. The molecule has 0 spiro atoms. The van der Waals surface area contributed by atoms with Crippen molar-refractivity contribution in [1.29, 1.82) is 0 Å². The fourth-order valence-electron chi connectivity index (χ4n) is 10.1. The molecule has 2 saturated carbocycles. The van der Waals surface area contributed by atoms with Gasteiger partial charge >= 0.3 is 36.1 Å². The van der Waals surface area contributed by atoms with Crippen molar-refractivity contribution in [1.82, 2.24) is 10.6 Å². The lowest BCUT2D eigenvalue weighted by atomic mass is 9.60. The average Bonchev–Trinajstić information content (AvgIpc) is 3.19. The van der Waals surface area contributed by atoms with E-state index in [2.05, 4.69) is 52.2 Å². The standard InChI is InChI=1S/C49H70N2O12/c1-33(61-41(53)21-37-23-47(6,7)30-49(9,25-37)32-51-45(57)63-35(3)28-60-43(55)39-18-14-11-15-19-39)26-58-40(52)20-36-22-46(4,5)29-48(8,24-36)31-50-44(56)62-34(2)27-59-42(54)38-16-12-10-13-17-38/h10-19,33-37H,20-32H2,1-9H3,(H,50,56)(H,51,57). The zero-order valence-electron chi connectivity index (χ0n) is 38.8. The molecular weight excluding hydrogens is 809 g/mol. The van der Waals surface area contributed by atoms with Crippen LogP contribution in [-0.2, 0) is 38.0 Å². The minimum absolute atomic E-state index is 0.0171. The van der Waals surface area contributed by atoms with E-state index in [0.717, 1.165) is 25.7 Å². The molecule has 14 nitrogen and oxygen atoms in total. The van der Waals surface area contributed by atoms with Crippen LogP contribution < -0.4 is 10.6 Å². The summed E-state index contributed by atoms with van der Waals surface area (Å²) in [6, 6.07) is 17.2. The number of ether oxygens (including phenoxy) is 6. The van der Waals surface area contributed by atoms with Crippen LogP contribution in [0.5, 0.6) is 0 Å². The Morgan fingerprint density at radius 2 is 0.889 bits per heavy atom. The highest BCUT2D eigenvalue weighted by molar-refractivity contribution is 5.89. The van der Waals surface area contributed by atoms with Gasteiger partial charge in [0.25, 0.3) is 0 Å². The van der Waals surface area contributed by atoms with Gasteiger partial charge in [0.05, 0.1) is 11.1 Å². The summed E-state index contributed by atoms with van der Waals surface area (Å²) in [5.41, 5.74) is 0.0429. The van der Waals surface area contributed by atoms with E-state index < -0.39 is 42.4 Å². The predicted octanol–water partition coefficient (Wildman–Crippen LogP) is 8.85. The second-order valence-electron chi connectivity index (χ2n) is 20.3. The van der Waals surface area contributed by atoms with Gasteiger partial charge in [0, 0.05) is 25.9 Å². The first kappa shape index (κ1) is 50.5. The molecule has 2 fully saturated rings. The molecule has 0 aromatic heterocycles. The van der Waals surface area contributed by atoms with Gasteiger partial charge in [-0.3, -0.25) is 9.59 Å². The number of rotatable bonds is 19. The minimum Gasteiger partial charge on any atom is -0.462 e. The van der Waals surface area contributed by atoms with E-state index in [-0.39, 0.29) is 78.1 Å². The third kappa shape index (κ3) is 17.9. The van der Waals surface area contributed by atoms with Crippen LogP contribution in [0.25, 0.3) is 0 Å². The highest BCUT2D eigenvalue weighted by atomic mass is 16.6. The Kier molecular flexibility index (Phi) is 18.0. The molecule has 7 atom stereocenters. The van der Waals surface area contributed by atoms with Crippen LogP contribution in [-0.4, -0.2) is 87.3 Å². The van der Waals surface area contributed by atoms with Crippen LogP contribution in [0.15, 0.2) is 60.7 Å². The molecule has 0 heterocycles. The summed E-state index contributed by atoms with van der Waals surface area (Å²) in [6.45, 7) is 18.3. The monoisotopic (exact) mass is 878 g/mol. The van der Waals surface area contributed by atoms with Crippen molar-refractivity contribution in [3.05, 3.63) is 71.8 Å². The lowest BCUT2D eigenvalue weighted by molar-refractivity contribution is -0.160. The summed E-state index contributed by atoms with van der Waals surface area (Å²) >= 11 is 0. The fourth-order valence-corrected chi connectivity index (χ4v) is 10.1. The third-order valence-corrected chi connectivity index (χ3v) is 11.6. The maximum atomic E-state index is 13.2. The average molecular weight is 879 g/mol. The second-order valence-corrected chi connectivity index (χ2v) is 20.3. The van der Waals surface area contributed by atoms with Gasteiger partial charge in [-0.15, -0.1) is 0 Å². The van der Waals surface area contributed by atoms with Crippen molar-refractivity contribution in [2.45, 2.75) is 132 Å². The van der Waals surface area contributed by atoms with Crippen LogP contribution in [0.1, 0.15) is 134 Å². The minimum atomic E-state index is -0.650. The van der Waals surface area contributed by atoms with Crippen LogP contribution >= 0.6 is 0 Å². The van der Waals surface area contributed by atoms with E-state index in [0.29, 0.717) is 37.1 Å². The van der Waals surface area contributed by atoms with E-state index in [9.17, 15) is 28.8 Å². The summed E-state index contributed by atoms with van der Waals surface area (Å²) in [5, 5.41) is 5.76. The number of carbonyl (C=O) groups is 6. The SMILES string of the molecule is CC(COC(=O)CC1CC(C)(C)CC(C)(CNC(=O)OC(C)COC(=O)c2ccccc2)C1)OC(=O)CC1CC(C)(C)CC(C)(CNC(=O)OC(C)COC(=O)c2ccccc2)C1. The van der Waals surface area contributed by atoms with Gasteiger partial charge in [-0.05, 0) is 117 Å². The molecule has 2 N–H and O–H groups in total. The smallest absolute Gasteiger partial charge is 0.407 e. The van der Waals surface area contributed by atoms with Crippen LogP contribution in [0.3, 0.4) is 0 Å².